The number of methoxy groups -OCH3 is 1. The van der Waals surface area contributed by atoms with Gasteiger partial charge in [0.1, 0.15) is 23.7 Å². The summed E-state index contributed by atoms with van der Waals surface area (Å²) in [6, 6.07) is 18.8. The third kappa shape index (κ3) is 6.74. The molecule has 9 heteroatoms. The van der Waals surface area contributed by atoms with Crippen molar-refractivity contribution >= 4 is 18.0 Å². The lowest BCUT2D eigenvalue weighted by Crippen LogP contribution is -2.45. The number of fused-ring (bicyclic) bond motifs is 1. The van der Waals surface area contributed by atoms with Crippen molar-refractivity contribution in [2.45, 2.75) is 76.7 Å². The normalized spacial score (nSPS) is 22.0. The van der Waals surface area contributed by atoms with E-state index in [1.54, 1.807) is 6.07 Å². The number of aliphatic carboxylic acids is 1. The first-order chi connectivity index (χ1) is 21.9. The highest BCUT2D eigenvalue weighted by molar-refractivity contribution is 6.08. The number of aromatic nitrogens is 1. The molecule has 45 heavy (non-hydrogen) atoms. The number of hydrogen-bond donors (Lipinski definition) is 3. The topological polar surface area (TPSA) is 117 Å². The average Bonchev–Trinajstić information content (AvgIpc) is 3.51. The van der Waals surface area contributed by atoms with Crippen LogP contribution in [0.2, 0.25) is 0 Å². The number of ether oxygens (including phenoxy) is 3. The lowest BCUT2D eigenvalue weighted by atomic mass is 9.79. The second-order valence-corrected chi connectivity index (χ2v) is 12.4. The second-order valence-electron chi connectivity index (χ2n) is 12.4. The number of carboxylic acid groups (broad SMARTS) is 1. The molecule has 0 amide bonds. The summed E-state index contributed by atoms with van der Waals surface area (Å²) in [4.78, 5) is 18.9. The summed E-state index contributed by atoms with van der Waals surface area (Å²) >= 11 is 0. The van der Waals surface area contributed by atoms with Gasteiger partial charge < -0.3 is 30.0 Å². The molecule has 1 saturated heterocycles. The van der Waals surface area contributed by atoms with Crippen molar-refractivity contribution in [1.29, 1.82) is 5.41 Å². The quantitative estimate of drug-likeness (QED) is 0.136. The van der Waals surface area contributed by atoms with Gasteiger partial charge in [0, 0.05) is 37.5 Å². The zero-order chi connectivity index (χ0) is 31.4. The van der Waals surface area contributed by atoms with E-state index >= 15 is 0 Å². The molecular formula is C36H42N4O5. The van der Waals surface area contributed by atoms with E-state index in [4.69, 9.17) is 24.6 Å². The predicted molar refractivity (Wildman–Crippen MR) is 174 cm³/mol. The molecule has 1 aliphatic carbocycles. The Morgan fingerprint density at radius 2 is 1.98 bits per heavy atom. The smallest absolute Gasteiger partial charge is 0.342 e. The van der Waals surface area contributed by atoms with E-state index in [9.17, 15) is 9.90 Å². The molecule has 6 rings (SSSR count). The maximum Gasteiger partial charge on any atom is 0.342 e. The van der Waals surface area contributed by atoms with Gasteiger partial charge in [0.05, 0.1) is 18.4 Å². The molecule has 3 aromatic rings. The van der Waals surface area contributed by atoms with Gasteiger partial charge in [-0.25, -0.2) is 9.78 Å². The molecular weight excluding hydrogens is 568 g/mol. The number of nitrogens with zero attached hydrogens (tertiary/aromatic N) is 2. The highest BCUT2D eigenvalue weighted by Crippen LogP contribution is 2.41. The Morgan fingerprint density at radius 1 is 1.16 bits per heavy atom. The van der Waals surface area contributed by atoms with Crippen LogP contribution in [0.5, 0.6) is 5.75 Å². The number of benzene rings is 2. The lowest BCUT2D eigenvalue weighted by Gasteiger charge is -2.43. The summed E-state index contributed by atoms with van der Waals surface area (Å²) in [5.41, 5.74) is 6.35. The zero-order valence-electron chi connectivity index (χ0n) is 26.1. The molecule has 0 unspecified atom stereocenters. The van der Waals surface area contributed by atoms with Gasteiger partial charge in [0.15, 0.2) is 0 Å². The first-order valence-electron chi connectivity index (χ1n) is 15.9. The number of pyridine rings is 1. The number of aryl methyl sites for hydroxylation is 1. The molecule has 9 nitrogen and oxygen atoms in total. The molecule has 2 fully saturated rings. The maximum atomic E-state index is 11.5. The summed E-state index contributed by atoms with van der Waals surface area (Å²) in [7, 11) is 1.35. The lowest BCUT2D eigenvalue weighted by molar-refractivity contribution is -0.132. The van der Waals surface area contributed by atoms with Crippen LogP contribution in [0.4, 0.5) is 5.82 Å². The molecule has 236 valence electrons. The van der Waals surface area contributed by atoms with Crippen molar-refractivity contribution in [2.24, 2.45) is 0 Å². The molecule has 3 N–H and O–H groups in total. The fourth-order valence-corrected chi connectivity index (χ4v) is 7.10. The summed E-state index contributed by atoms with van der Waals surface area (Å²) in [6.45, 7) is 5.51. The van der Waals surface area contributed by atoms with Gasteiger partial charge in [0.25, 0.3) is 0 Å². The van der Waals surface area contributed by atoms with Crippen LogP contribution in [-0.2, 0) is 33.8 Å². The molecule has 1 saturated carbocycles. The van der Waals surface area contributed by atoms with E-state index in [0.717, 1.165) is 54.8 Å². The van der Waals surface area contributed by atoms with E-state index in [1.165, 1.54) is 56.8 Å². The van der Waals surface area contributed by atoms with Crippen LogP contribution in [-0.4, -0.2) is 59.1 Å². The standard InChI is InChI=1S/C36H42N4O5/c1-24-6-3-7-29(31-8-4-9-32(38-31)39-34(43-2)30(21-37)35(41)42)33(24)44-23-25-10-11-27-22-40(18-14-26(27)20-25)28-12-16-36(17-13-28)15-5-19-45-36/h3-4,6-11,20-21,28,37H,5,12-19,22-23H2,1-2H3,(H,38,39)(H,41,42)/b34-30-,37-21?/t28-,36+. The summed E-state index contributed by atoms with van der Waals surface area (Å²) < 4.78 is 17.8. The van der Waals surface area contributed by atoms with Gasteiger partial charge in [0.2, 0.25) is 5.88 Å². The summed E-state index contributed by atoms with van der Waals surface area (Å²) in [6.07, 6.45) is 9.14. The van der Waals surface area contributed by atoms with Crippen molar-refractivity contribution in [3.05, 3.63) is 88.3 Å². The average molecular weight is 611 g/mol. The number of anilines is 1. The first kappa shape index (κ1) is 30.8. The van der Waals surface area contributed by atoms with Crippen LogP contribution in [0.3, 0.4) is 0 Å². The van der Waals surface area contributed by atoms with Crippen molar-refractivity contribution in [3.8, 4) is 17.0 Å². The number of nitrogens with one attached hydrogen (secondary N) is 2. The van der Waals surface area contributed by atoms with Crippen molar-refractivity contribution < 1.29 is 24.1 Å². The van der Waals surface area contributed by atoms with Gasteiger partial charge >= 0.3 is 5.97 Å². The number of carboxylic acids is 1. The van der Waals surface area contributed by atoms with E-state index in [-0.39, 0.29) is 17.1 Å². The summed E-state index contributed by atoms with van der Waals surface area (Å²) in [5.74, 6) is -0.193. The van der Waals surface area contributed by atoms with Crippen LogP contribution in [0, 0.1) is 12.3 Å². The molecule has 3 heterocycles. The molecule has 1 aromatic heterocycles. The fourth-order valence-electron chi connectivity index (χ4n) is 7.10. The minimum absolute atomic E-state index is 0.0656. The van der Waals surface area contributed by atoms with Gasteiger partial charge in [-0.3, -0.25) is 4.90 Å². The third-order valence-electron chi connectivity index (χ3n) is 9.57. The van der Waals surface area contributed by atoms with E-state index < -0.39 is 5.97 Å². The highest BCUT2D eigenvalue weighted by atomic mass is 16.5. The molecule has 1 spiro atoms. The van der Waals surface area contributed by atoms with E-state index in [2.05, 4.69) is 28.4 Å². The van der Waals surface area contributed by atoms with Gasteiger partial charge in [-0.15, -0.1) is 0 Å². The largest absolute Gasteiger partial charge is 0.488 e. The predicted octanol–water partition coefficient (Wildman–Crippen LogP) is 6.49. The molecule has 2 aromatic carbocycles. The maximum absolute atomic E-state index is 11.5. The van der Waals surface area contributed by atoms with Gasteiger partial charge in [-0.2, -0.15) is 0 Å². The Labute approximate surface area is 264 Å². The fraction of sp³-hybridized carbons (Fsp3) is 0.417. The second kappa shape index (κ2) is 13.4. The molecule has 2 aliphatic heterocycles. The monoisotopic (exact) mass is 610 g/mol. The highest BCUT2D eigenvalue weighted by Gasteiger charge is 2.40. The minimum Gasteiger partial charge on any atom is -0.488 e. The summed E-state index contributed by atoms with van der Waals surface area (Å²) in [5, 5.41) is 19.7. The number of para-hydroxylation sites is 1. The van der Waals surface area contributed by atoms with Crippen LogP contribution in [0.1, 0.15) is 60.8 Å². The molecule has 3 aliphatic rings. The van der Waals surface area contributed by atoms with Crippen molar-refractivity contribution in [1.82, 2.24) is 9.88 Å². The molecule has 0 bridgehead atoms. The number of rotatable bonds is 10. The van der Waals surface area contributed by atoms with Gasteiger partial charge in [-0.1, -0.05) is 36.4 Å². The Kier molecular flexibility index (Phi) is 9.19. The first-order valence-corrected chi connectivity index (χ1v) is 15.9. The van der Waals surface area contributed by atoms with Crippen LogP contribution in [0.25, 0.3) is 11.3 Å². The number of carbonyl (C=O) groups is 1. The van der Waals surface area contributed by atoms with Crippen LogP contribution < -0.4 is 10.1 Å². The Bertz CT molecular complexity index is 1590. The van der Waals surface area contributed by atoms with Crippen LogP contribution >= 0.6 is 0 Å². The Hall–Kier alpha value is -4.21. The molecule has 0 atom stereocenters. The third-order valence-corrected chi connectivity index (χ3v) is 9.57. The number of hydrogen-bond acceptors (Lipinski definition) is 8. The Balaban J connectivity index is 1.13. The van der Waals surface area contributed by atoms with Crippen molar-refractivity contribution in [2.75, 3.05) is 25.6 Å². The van der Waals surface area contributed by atoms with Crippen LogP contribution in [0.15, 0.2) is 66.1 Å². The van der Waals surface area contributed by atoms with Gasteiger partial charge in [-0.05, 0) is 92.3 Å². The zero-order valence-corrected chi connectivity index (χ0v) is 26.1. The van der Waals surface area contributed by atoms with E-state index in [0.29, 0.717) is 24.2 Å². The molecule has 0 radical (unpaired) electrons. The minimum atomic E-state index is -1.27. The van der Waals surface area contributed by atoms with Crippen molar-refractivity contribution in [3.63, 3.8) is 0 Å². The van der Waals surface area contributed by atoms with E-state index in [1.807, 2.05) is 37.3 Å². The Morgan fingerprint density at radius 3 is 2.71 bits per heavy atom. The SMILES string of the molecule is CO/C(Nc1cccc(-c2cccc(C)c2OCc2ccc3c(c2)CCN([C@H]2CC[C@]4(CCCO4)CC2)C3)n1)=C(/C=N)C(=O)O.